The number of nitrogens with zero attached hydrogens (tertiary/aromatic N) is 1. The maximum absolute atomic E-state index is 12.3. The molecule has 0 aliphatic carbocycles. The molecule has 150 valence electrons. The van der Waals surface area contributed by atoms with Gasteiger partial charge in [-0.2, -0.15) is 5.10 Å². The topological polar surface area (TPSA) is 106 Å². The molecular formula is C17H17Cl2N3O5S. The summed E-state index contributed by atoms with van der Waals surface area (Å²) in [4.78, 5) is 11.7. The Morgan fingerprint density at radius 3 is 2.43 bits per heavy atom. The van der Waals surface area contributed by atoms with Gasteiger partial charge in [-0.25, -0.2) is 18.6 Å². The van der Waals surface area contributed by atoms with Gasteiger partial charge in [0.05, 0.1) is 41.9 Å². The molecule has 1 amide bonds. The fourth-order valence-corrected chi connectivity index (χ4v) is 3.34. The van der Waals surface area contributed by atoms with Crippen molar-refractivity contribution in [3.05, 3.63) is 52.0 Å². The highest BCUT2D eigenvalue weighted by molar-refractivity contribution is 7.89. The van der Waals surface area contributed by atoms with Crippen molar-refractivity contribution in [3.63, 3.8) is 0 Å². The van der Waals surface area contributed by atoms with E-state index in [4.69, 9.17) is 32.7 Å². The third-order valence-electron chi connectivity index (χ3n) is 3.43. The normalized spacial score (nSPS) is 11.4. The predicted molar refractivity (Wildman–Crippen MR) is 107 cm³/mol. The van der Waals surface area contributed by atoms with Crippen LogP contribution in [0.4, 0.5) is 0 Å². The number of carbonyl (C=O) groups excluding carboxylic acids is 1. The first-order valence-electron chi connectivity index (χ1n) is 7.75. The molecule has 0 spiro atoms. The summed E-state index contributed by atoms with van der Waals surface area (Å²) >= 11 is 11.7. The van der Waals surface area contributed by atoms with Crippen molar-refractivity contribution in [2.75, 3.05) is 20.8 Å². The predicted octanol–water partition coefficient (Wildman–Crippen LogP) is 2.44. The average molecular weight is 446 g/mol. The fraction of sp³-hybridized carbons (Fsp3) is 0.176. The van der Waals surface area contributed by atoms with Gasteiger partial charge in [-0.15, -0.1) is 0 Å². The van der Waals surface area contributed by atoms with Crippen LogP contribution in [0.15, 0.2) is 46.4 Å². The molecule has 2 aromatic carbocycles. The zero-order chi connectivity index (χ0) is 20.7. The molecule has 11 heteroatoms. The van der Waals surface area contributed by atoms with Gasteiger partial charge in [0, 0.05) is 6.07 Å². The van der Waals surface area contributed by atoms with Crippen LogP contribution in [0, 0.1) is 0 Å². The van der Waals surface area contributed by atoms with Crippen molar-refractivity contribution >= 4 is 45.3 Å². The van der Waals surface area contributed by atoms with Crippen LogP contribution in [0.25, 0.3) is 0 Å². The van der Waals surface area contributed by atoms with Crippen LogP contribution in [-0.4, -0.2) is 41.3 Å². The summed E-state index contributed by atoms with van der Waals surface area (Å²) < 4.78 is 36.9. The van der Waals surface area contributed by atoms with Gasteiger partial charge in [0.15, 0.2) is 11.5 Å². The summed E-state index contributed by atoms with van der Waals surface area (Å²) in [7, 11) is -1.10. The highest BCUT2D eigenvalue weighted by Crippen LogP contribution is 2.29. The van der Waals surface area contributed by atoms with E-state index in [1.54, 1.807) is 18.2 Å². The molecule has 2 rings (SSSR count). The fourth-order valence-electron chi connectivity index (χ4n) is 2.04. The molecule has 0 saturated heterocycles. The minimum Gasteiger partial charge on any atom is -0.493 e. The lowest BCUT2D eigenvalue weighted by Crippen LogP contribution is -2.34. The number of carbonyl (C=O) groups is 1. The first-order chi connectivity index (χ1) is 13.3. The number of hydrogen-bond donors (Lipinski definition) is 2. The van der Waals surface area contributed by atoms with E-state index >= 15 is 0 Å². The molecule has 0 atom stereocenters. The zero-order valence-corrected chi connectivity index (χ0v) is 17.2. The van der Waals surface area contributed by atoms with Gasteiger partial charge < -0.3 is 9.47 Å². The molecular weight excluding hydrogens is 429 g/mol. The molecule has 0 aliphatic rings. The molecule has 0 aliphatic heterocycles. The Balaban J connectivity index is 1.95. The van der Waals surface area contributed by atoms with Crippen LogP contribution >= 0.6 is 23.2 Å². The molecule has 2 N–H and O–H groups in total. The van der Waals surface area contributed by atoms with Crippen LogP contribution in [0.2, 0.25) is 10.0 Å². The third-order valence-corrected chi connectivity index (χ3v) is 5.57. The van der Waals surface area contributed by atoms with Gasteiger partial charge in [-0.1, -0.05) is 29.3 Å². The Morgan fingerprint density at radius 1 is 1.07 bits per heavy atom. The SMILES string of the molecule is COc1ccc(S(=O)(=O)NCC(=O)N/N=C\c2ccc(Cl)c(Cl)c2)cc1OC. The number of sulfonamides is 1. The molecule has 0 aromatic heterocycles. The smallest absolute Gasteiger partial charge is 0.255 e. The molecule has 0 unspecified atom stereocenters. The molecule has 0 bridgehead atoms. The average Bonchev–Trinajstić information content (AvgIpc) is 2.68. The lowest BCUT2D eigenvalue weighted by Gasteiger charge is -2.10. The van der Waals surface area contributed by atoms with Crippen molar-refractivity contribution in [1.29, 1.82) is 0 Å². The lowest BCUT2D eigenvalue weighted by molar-refractivity contribution is -0.119. The summed E-state index contributed by atoms with van der Waals surface area (Å²) in [6.07, 6.45) is 1.35. The van der Waals surface area contributed by atoms with Crippen molar-refractivity contribution in [2.45, 2.75) is 4.90 Å². The summed E-state index contributed by atoms with van der Waals surface area (Å²) in [5.41, 5.74) is 2.82. The summed E-state index contributed by atoms with van der Waals surface area (Å²) in [6, 6.07) is 8.90. The summed E-state index contributed by atoms with van der Waals surface area (Å²) in [5, 5.41) is 4.48. The van der Waals surface area contributed by atoms with Crippen molar-refractivity contribution in [1.82, 2.24) is 10.1 Å². The van der Waals surface area contributed by atoms with Gasteiger partial charge in [-0.3, -0.25) is 4.79 Å². The Hall–Kier alpha value is -2.33. The van der Waals surface area contributed by atoms with E-state index in [0.717, 1.165) is 0 Å². The minimum atomic E-state index is -3.93. The highest BCUT2D eigenvalue weighted by atomic mass is 35.5. The van der Waals surface area contributed by atoms with Crippen LogP contribution in [0.5, 0.6) is 11.5 Å². The van der Waals surface area contributed by atoms with Gasteiger partial charge >= 0.3 is 0 Å². The minimum absolute atomic E-state index is 0.0720. The van der Waals surface area contributed by atoms with Crippen LogP contribution < -0.4 is 19.6 Å². The van der Waals surface area contributed by atoms with Crippen LogP contribution in [-0.2, 0) is 14.8 Å². The number of benzene rings is 2. The second-order valence-corrected chi connectivity index (χ2v) is 7.89. The third kappa shape index (κ3) is 5.83. The largest absolute Gasteiger partial charge is 0.493 e. The summed E-state index contributed by atoms with van der Waals surface area (Å²) in [6.45, 7) is -0.505. The Kier molecular flexibility index (Phi) is 7.64. The number of hydrazone groups is 1. The number of hydrogen-bond acceptors (Lipinski definition) is 6. The monoisotopic (exact) mass is 445 g/mol. The second-order valence-electron chi connectivity index (χ2n) is 5.31. The maximum atomic E-state index is 12.3. The van der Waals surface area contributed by atoms with E-state index in [1.807, 2.05) is 0 Å². The first-order valence-corrected chi connectivity index (χ1v) is 9.99. The first kappa shape index (κ1) is 22.0. The number of halogens is 2. The molecule has 0 radical (unpaired) electrons. The summed E-state index contributed by atoms with van der Waals surface area (Å²) in [5.74, 6) is -0.0164. The molecule has 0 heterocycles. The highest BCUT2D eigenvalue weighted by Gasteiger charge is 2.18. The Morgan fingerprint density at radius 2 is 1.79 bits per heavy atom. The molecule has 2 aromatic rings. The quantitative estimate of drug-likeness (QED) is 0.479. The van der Waals surface area contributed by atoms with Crippen LogP contribution in [0.1, 0.15) is 5.56 Å². The number of rotatable bonds is 8. The Labute approximate surface area is 172 Å². The molecule has 8 nitrogen and oxygen atoms in total. The number of amides is 1. The lowest BCUT2D eigenvalue weighted by atomic mass is 10.2. The van der Waals surface area contributed by atoms with Crippen molar-refractivity contribution in [3.8, 4) is 11.5 Å². The number of methoxy groups -OCH3 is 2. The van der Waals surface area contributed by atoms with Crippen LogP contribution in [0.3, 0.4) is 0 Å². The molecule has 0 fully saturated rings. The van der Waals surface area contributed by atoms with E-state index in [-0.39, 0.29) is 10.6 Å². The van der Waals surface area contributed by atoms with Gasteiger partial charge in [0.1, 0.15) is 0 Å². The van der Waals surface area contributed by atoms with E-state index < -0.39 is 22.5 Å². The number of ether oxygens (including phenoxy) is 2. The maximum Gasteiger partial charge on any atom is 0.255 e. The van der Waals surface area contributed by atoms with Gasteiger partial charge in [0.2, 0.25) is 10.0 Å². The molecule has 28 heavy (non-hydrogen) atoms. The van der Waals surface area contributed by atoms with E-state index in [1.165, 1.54) is 38.6 Å². The number of nitrogens with one attached hydrogen (secondary N) is 2. The van der Waals surface area contributed by atoms with E-state index in [2.05, 4.69) is 15.2 Å². The van der Waals surface area contributed by atoms with E-state index in [0.29, 0.717) is 21.4 Å². The molecule has 0 saturated carbocycles. The zero-order valence-electron chi connectivity index (χ0n) is 14.9. The van der Waals surface area contributed by atoms with Gasteiger partial charge in [0.25, 0.3) is 5.91 Å². The second kappa shape index (κ2) is 9.74. The van der Waals surface area contributed by atoms with Crippen molar-refractivity contribution < 1.29 is 22.7 Å². The van der Waals surface area contributed by atoms with Gasteiger partial charge in [-0.05, 0) is 29.8 Å². The van der Waals surface area contributed by atoms with E-state index in [9.17, 15) is 13.2 Å². The Bertz CT molecular complexity index is 996. The standard InChI is InChI=1S/C17H17Cl2N3O5S/c1-26-15-6-4-12(8-16(15)27-2)28(24,25)21-10-17(23)22-20-9-11-3-5-13(18)14(19)7-11/h3-9,21H,10H2,1-2H3,(H,22,23)/b20-9-. The van der Waals surface area contributed by atoms with Crippen molar-refractivity contribution in [2.24, 2.45) is 5.10 Å².